The molecule has 0 saturated heterocycles. The zero-order valence-corrected chi connectivity index (χ0v) is 9.96. The Kier molecular flexibility index (Phi) is 3.86. The first-order chi connectivity index (χ1) is 8.66. The molecule has 0 radical (unpaired) electrons. The van der Waals surface area contributed by atoms with E-state index in [1.807, 2.05) is 0 Å². The van der Waals surface area contributed by atoms with Gasteiger partial charge in [-0.25, -0.2) is 4.98 Å². The van der Waals surface area contributed by atoms with Crippen molar-refractivity contribution in [3.8, 4) is 0 Å². The molecule has 6 nitrogen and oxygen atoms in total. The molecule has 0 atom stereocenters. The van der Waals surface area contributed by atoms with Gasteiger partial charge in [0.05, 0.1) is 4.92 Å². The average Bonchev–Trinajstić information content (AvgIpc) is 2.40. The van der Waals surface area contributed by atoms with Gasteiger partial charge in [-0.2, -0.15) is 0 Å². The molecule has 1 N–H and O–H groups in total. The van der Waals surface area contributed by atoms with Crippen molar-refractivity contribution in [3.05, 3.63) is 28.4 Å². The van der Waals surface area contributed by atoms with Crippen LogP contribution in [0.25, 0.3) is 0 Å². The van der Waals surface area contributed by atoms with E-state index in [0.717, 1.165) is 31.9 Å². The van der Waals surface area contributed by atoms with Gasteiger partial charge in [-0.3, -0.25) is 14.9 Å². The number of aromatic nitrogens is 1. The van der Waals surface area contributed by atoms with Crippen LogP contribution in [0.4, 0.5) is 11.5 Å². The van der Waals surface area contributed by atoms with Gasteiger partial charge in [0, 0.05) is 12.0 Å². The van der Waals surface area contributed by atoms with Crippen LogP contribution in [0.15, 0.2) is 18.3 Å². The highest BCUT2D eigenvalue weighted by Gasteiger charge is 2.21. The molecule has 0 spiro atoms. The van der Waals surface area contributed by atoms with Crippen molar-refractivity contribution in [2.45, 2.75) is 32.1 Å². The number of nitrogens with one attached hydrogen (secondary N) is 1. The van der Waals surface area contributed by atoms with Crippen molar-refractivity contribution in [1.82, 2.24) is 4.98 Å². The molecule has 1 aliphatic rings. The van der Waals surface area contributed by atoms with Crippen LogP contribution in [0.2, 0.25) is 0 Å². The van der Waals surface area contributed by atoms with Crippen molar-refractivity contribution in [2.75, 3.05) is 5.32 Å². The lowest BCUT2D eigenvalue weighted by atomic mass is 9.89. The van der Waals surface area contributed by atoms with E-state index in [9.17, 15) is 14.9 Å². The van der Waals surface area contributed by atoms with E-state index in [-0.39, 0.29) is 17.5 Å². The summed E-state index contributed by atoms with van der Waals surface area (Å²) in [6.07, 6.45) is 6.35. The number of carbonyl (C=O) groups excluding carboxylic acids is 1. The number of pyridine rings is 1. The smallest absolute Gasteiger partial charge is 0.287 e. The molecule has 1 saturated carbocycles. The second kappa shape index (κ2) is 5.57. The molecule has 1 amide bonds. The van der Waals surface area contributed by atoms with Crippen molar-refractivity contribution in [1.29, 1.82) is 0 Å². The summed E-state index contributed by atoms with van der Waals surface area (Å²) in [6, 6.07) is 2.79. The highest BCUT2D eigenvalue weighted by molar-refractivity contribution is 5.91. The number of amides is 1. The van der Waals surface area contributed by atoms with Crippen LogP contribution in [0.5, 0.6) is 0 Å². The second-order valence-corrected chi connectivity index (χ2v) is 4.48. The Morgan fingerprint density at radius 3 is 2.61 bits per heavy atom. The summed E-state index contributed by atoms with van der Waals surface area (Å²) < 4.78 is 0. The number of hydrogen-bond donors (Lipinski definition) is 1. The van der Waals surface area contributed by atoms with E-state index in [2.05, 4.69) is 10.3 Å². The molecule has 1 aliphatic carbocycles. The minimum atomic E-state index is -0.514. The Bertz CT molecular complexity index is 438. The minimum Gasteiger partial charge on any atom is -0.310 e. The monoisotopic (exact) mass is 249 g/mol. The van der Waals surface area contributed by atoms with Crippen molar-refractivity contribution in [2.24, 2.45) is 5.92 Å². The molecule has 6 heteroatoms. The standard InChI is InChI=1S/C12H15N3O3/c16-12(9-4-2-1-3-5-9)14-11-7-6-10(8-13-11)15(17)18/h6-9H,1-5H2,(H,13,14,16). The molecule has 18 heavy (non-hydrogen) atoms. The fourth-order valence-electron chi connectivity index (χ4n) is 2.16. The number of nitro groups is 1. The fourth-order valence-corrected chi connectivity index (χ4v) is 2.16. The van der Waals surface area contributed by atoms with Crippen LogP contribution >= 0.6 is 0 Å². The van der Waals surface area contributed by atoms with Gasteiger partial charge < -0.3 is 5.32 Å². The summed E-state index contributed by atoms with van der Waals surface area (Å²) in [7, 11) is 0. The fraction of sp³-hybridized carbons (Fsp3) is 0.500. The van der Waals surface area contributed by atoms with E-state index < -0.39 is 4.92 Å². The number of rotatable bonds is 3. The van der Waals surface area contributed by atoms with E-state index in [0.29, 0.717) is 5.82 Å². The molecule has 96 valence electrons. The normalized spacial score (nSPS) is 16.2. The summed E-state index contributed by atoms with van der Waals surface area (Å²) in [5, 5.41) is 13.2. The number of hydrogen-bond acceptors (Lipinski definition) is 4. The maximum absolute atomic E-state index is 11.9. The minimum absolute atomic E-state index is 0.0314. The van der Waals surface area contributed by atoms with E-state index >= 15 is 0 Å². The van der Waals surface area contributed by atoms with Gasteiger partial charge in [-0.15, -0.1) is 0 Å². The highest BCUT2D eigenvalue weighted by Crippen LogP contribution is 2.24. The zero-order chi connectivity index (χ0) is 13.0. The van der Waals surface area contributed by atoms with Gasteiger partial charge in [0.15, 0.2) is 0 Å². The number of carbonyl (C=O) groups is 1. The maximum atomic E-state index is 11.9. The van der Waals surface area contributed by atoms with Crippen LogP contribution in [-0.2, 0) is 4.79 Å². The summed E-state index contributed by atoms with van der Waals surface area (Å²) in [5.74, 6) is 0.392. The Hall–Kier alpha value is -1.98. The summed E-state index contributed by atoms with van der Waals surface area (Å²) in [5.41, 5.74) is -0.0781. The van der Waals surface area contributed by atoms with E-state index in [1.165, 1.54) is 18.6 Å². The Morgan fingerprint density at radius 1 is 1.33 bits per heavy atom. The first-order valence-corrected chi connectivity index (χ1v) is 6.08. The summed E-state index contributed by atoms with van der Waals surface area (Å²) in [6.45, 7) is 0. The molecule has 0 bridgehead atoms. The van der Waals surface area contributed by atoms with Crippen LogP contribution in [-0.4, -0.2) is 15.8 Å². The van der Waals surface area contributed by atoms with Crippen LogP contribution in [0, 0.1) is 16.0 Å². The lowest BCUT2D eigenvalue weighted by molar-refractivity contribution is -0.385. The van der Waals surface area contributed by atoms with Crippen molar-refractivity contribution in [3.63, 3.8) is 0 Å². The SMILES string of the molecule is O=C(Nc1ccc([N+](=O)[O-])cn1)C1CCCCC1. The zero-order valence-electron chi connectivity index (χ0n) is 9.96. The van der Waals surface area contributed by atoms with Gasteiger partial charge >= 0.3 is 0 Å². The van der Waals surface area contributed by atoms with Gasteiger partial charge in [0.2, 0.25) is 5.91 Å². The van der Waals surface area contributed by atoms with Gasteiger partial charge in [-0.1, -0.05) is 19.3 Å². The van der Waals surface area contributed by atoms with Crippen LogP contribution < -0.4 is 5.32 Å². The second-order valence-electron chi connectivity index (χ2n) is 4.48. The summed E-state index contributed by atoms with van der Waals surface area (Å²) in [4.78, 5) is 25.7. The molecule has 1 aromatic heterocycles. The average molecular weight is 249 g/mol. The van der Waals surface area contributed by atoms with Gasteiger partial charge in [0.1, 0.15) is 12.0 Å². The third kappa shape index (κ3) is 3.03. The lowest BCUT2D eigenvalue weighted by Gasteiger charge is -2.20. The van der Waals surface area contributed by atoms with Crippen LogP contribution in [0.3, 0.4) is 0 Å². The third-order valence-electron chi connectivity index (χ3n) is 3.19. The van der Waals surface area contributed by atoms with Gasteiger partial charge in [-0.05, 0) is 18.9 Å². The first kappa shape index (κ1) is 12.5. The maximum Gasteiger partial charge on any atom is 0.287 e. The number of anilines is 1. The number of nitrogens with zero attached hydrogens (tertiary/aromatic N) is 2. The molecule has 0 aromatic carbocycles. The molecule has 0 aliphatic heterocycles. The molecule has 1 fully saturated rings. The molecular weight excluding hydrogens is 234 g/mol. The third-order valence-corrected chi connectivity index (χ3v) is 3.19. The quantitative estimate of drug-likeness (QED) is 0.658. The Morgan fingerprint density at radius 2 is 2.06 bits per heavy atom. The largest absolute Gasteiger partial charge is 0.310 e. The molecule has 1 aromatic rings. The van der Waals surface area contributed by atoms with Crippen molar-refractivity contribution >= 4 is 17.4 Å². The Labute approximate surface area is 105 Å². The van der Waals surface area contributed by atoms with Gasteiger partial charge in [0.25, 0.3) is 5.69 Å². The topological polar surface area (TPSA) is 85.1 Å². The molecular formula is C12H15N3O3. The van der Waals surface area contributed by atoms with Crippen LogP contribution in [0.1, 0.15) is 32.1 Å². The highest BCUT2D eigenvalue weighted by atomic mass is 16.6. The van der Waals surface area contributed by atoms with E-state index in [4.69, 9.17) is 0 Å². The molecule has 0 unspecified atom stereocenters. The summed E-state index contributed by atoms with van der Waals surface area (Å²) >= 11 is 0. The predicted octanol–water partition coefficient (Wildman–Crippen LogP) is 2.51. The van der Waals surface area contributed by atoms with Crippen molar-refractivity contribution < 1.29 is 9.72 Å². The molecule has 2 rings (SSSR count). The molecule has 1 heterocycles. The first-order valence-electron chi connectivity index (χ1n) is 6.08. The van der Waals surface area contributed by atoms with E-state index in [1.54, 1.807) is 0 Å². The lowest BCUT2D eigenvalue weighted by Crippen LogP contribution is -2.25. The Balaban J connectivity index is 1.96. The predicted molar refractivity (Wildman–Crippen MR) is 66.1 cm³/mol.